The van der Waals surface area contributed by atoms with Crippen molar-refractivity contribution in [3.05, 3.63) is 65.2 Å². The summed E-state index contributed by atoms with van der Waals surface area (Å²) in [6, 6.07) is 14.0. The van der Waals surface area contributed by atoms with Gasteiger partial charge in [0.1, 0.15) is 0 Å². The molecule has 11 heteroatoms. The van der Waals surface area contributed by atoms with Crippen LogP contribution in [0.5, 0.6) is 0 Å². The molecule has 0 radical (unpaired) electrons. The second-order valence-electron chi connectivity index (χ2n) is 6.07. The third-order valence-corrected chi connectivity index (χ3v) is 5.74. The van der Waals surface area contributed by atoms with Crippen LogP contribution in [0, 0.1) is 0 Å². The van der Waals surface area contributed by atoms with E-state index in [9.17, 15) is 26.4 Å². The Bertz CT molecular complexity index is 1010. The highest BCUT2D eigenvalue weighted by atomic mass is 32.2. The maximum atomic E-state index is 12.7. The number of hydrogen-bond acceptors (Lipinski definition) is 4. The lowest BCUT2D eigenvalue weighted by molar-refractivity contribution is -0.192. The lowest BCUT2D eigenvalue weighted by atomic mass is 10.1. The number of sulfonamides is 1. The maximum Gasteiger partial charge on any atom is 0.490 e. The number of nitrogens with zero attached hydrogens (tertiary/aromatic N) is 1. The number of anilines is 1. The largest absolute Gasteiger partial charge is 0.490 e. The third-order valence-electron chi connectivity index (χ3n) is 3.99. The molecule has 2 aromatic carbocycles. The van der Waals surface area contributed by atoms with Crippen molar-refractivity contribution in [1.29, 1.82) is 0 Å². The number of fused-ring (bicyclic) bond motifs is 1. The van der Waals surface area contributed by atoms with Crippen molar-refractivity contribution in [3.63, 3.8) is 0 Å². The van der Waals surface area contributed by atoms with Gasteiger partial charge in [0.05, 0.1) is 11.4 Å². The molecule has 3 N–H and O–H groups in total. The number of alkyl halides is 3. The molecule has 1 aliphatic heterocycles. The summed E-state index contributed by atoms with van der Waals surface area (Å²) in [4.78, 5) is 20.2. The number of carbonyl (C=O) groups excluding carboxylic acids is 1. The minimum atomic E-state index is -5.08. The minimum Gasteiger partial charge on any atom is -0.475 e. The molecule has 0 unspecified atom stereocenters. The van der Waals surface area contributed by atoms with E-state index in [1.807, 2.05) is 18.2 Å². The van der Waals surface area contributed by atoms with Gasteiger partial charge in [0.25, 0.3) is 0 Å². The summed E-state index contributed by atoms with van der Waals surface area (Å²) >= 11 is 0. The van der Waals surface area contributed by atoms with E-state index in [0.29, 0.717) is 24.2 Å². The summed E-state index contributed by atoms with van der Waals surface area (Å²) < 4.78 is 58.4. The highest BCUT2D eigenvalue weighted by molar-refractivity contribution is 7.92. The highest BCUT2D eigenvalue weighted by Gasteiger charge is 2.38. The number of rotatable bonds is 4. The molecule has 0 saturated carbocycles. The molecule has 0 aromatic heterocycles. The molecule has 2 aromatic rings. The van der Waals surface area contributed by atoms with Crippen LogP contribution >= 0.6 is 0 Å². The number of carboxylic acids is 1. The SMILES string of the molecule is NC(=O)c1ccc2c(c1)N(S(=O)(=O)Cc1ccccc1)CC2.O=C(O)C(F)(F)F. The Kier molecular flexibility index (Phi) is 6.52. The van der Waals surface area contributed by atoms with Gasteiger partial charge in [-0.25, -0.2) is 13.2 Å². The second kappa shape index (κ2) is 8.52. The van der Waals surface area contributed by atoms with Gasteiger partial charge in [0.15, 0.2) is 0 Å². The van der Waals surface area contributed by atoms with Crippen LogP contribution in [0.4, 0.5) is 18.9 Å². The van der Waals surface area contributed by atoms with Gasteiger partial charge in [-0.05, 0) is 29.7 Å². The summed E-state index contributed by atoms with van der Waals surface area (Å²) in [6.45, 7) is 0.396. The number of amides is 1. The smallest absolute Gasteiger partial charge is 0.475 e. The van der Waals surface area contributed by atoms with Crippen LogP contribution in [0.15, 0.2) is 48.5 Å². The Morgan fingerprint density at radius 3 is 2.21 bits per heavy atom. The van der Waals surface area contributed by atoms with Crippen molar-refractivity contribution < 1.29 is 36.3 Å². The highest BCUT2D eigenvalue weighted by Crippen LogP contribution is 2.32. The van der Waals surface area contributed by atoms with Crippen molar-refractivity contribution in [2.45, 2.75) is 18.3 Å². The molecule has 1 aliphatic rings. The molecule has 29 heavy (non-hydrogen) atoms. The quantitative estimate of drug-likeness (QED) is 0.772. The van der Waals surface area contributed by atoms with Crippen molar-refractivity contribution in [2.75, 3.05) is 10.8 Å². The predicted molar refractivity (Wildman–Crippen MR) is 98.8 cm³/mol. The molecule has 1 heterocycles. The molecule has 0 saturated heterocycles. The van der Waals surface area contributed by atoms with Crippen LogP contribution in [0.25, 0.3) is 0 Å². The summed E-state index contributed by atoms with van der Waals surface area (Å²) in [7, 11) is -3.49. The number of halogens is 3. The van der Waals surface area contributed by atoms with Crippen LogP contribution in [-0.4, -0.2) is 38.1 Å². The van der Waals surface area contributed by atoms with Gasteiger partial charge >= 0.3 is 12.1 Å². The average molecular weight is 430 g/mol. The standard InChI is InChI=1S/C16H16N2O3S.C2HF3O2/c17-16(19)14-7-6-13-8-9-18(15(13)10-14)22(20,21)11-12-4-2-1-3-5-12;3-2(4,5)1(6)7/h1-7,10H,8-9,11H2,(H2,17,19);(H,6,7). The Morgan fingerprint density at radius 1 is 1.10 bits per heavy atom. The molecular weight excluding hydrogens is 413 g/mol. The zero-order valence-electron chi connectivity index (χ0n) is 14.9. The van der Waals surface area contributed by atoms with Crippen molar-refractivity contribution >= 4 is 27.6 Å². The Hall–Kier alpha value is -3.08. The number of primary amides is 1. The van der Waals surface area contributed by atoms with Gasteiger partial charge in [-0.15, -0.1) is 0 Å². The normalized spacial score (nSPS) is 13.3. The van der Waals surface area contributed by atoms with E-state index in [1.165, 1.54) is 4.31 Å². The van der Waals surface area contributed by atoms with E-state index >= 15 is 0 Å². The molecule has 0 spiro atoms. The minimum absolute atomic E-state index is 0.0614. The molecule has 0 bridgehead atoms. The lowest BCUT2D eigenvalue weighted by Crippen LogP contribution is -2.30. The van der Waals surface area contributed by atoms with Gasteiger partial charge in [0.2, 0.25) is 15.9 Å². The fourth-order valence-electron chi connectivity index (χ4n) is 2.65. The number of nitrogens with two attached hydrogens (primary N) is 1. The fourth-order valence-corrected chi connectivity index (χ4v) is 4.26. The van der Waals surface area contributed by atoms with Crippen LogP contribution < -0.4 is 10.0 Å². The third kappa shape index (κ3) is 5.70. The topological polar surface area (TPSA) is 118 Å². The van der Waals surface area contributed by atoms with Crippen LogP contribution in [0.1, 0.15) is 21.5 Å². The Balaban J connectivity index is 0.000000370. The van der Waals surface area contributed by atoms with E-state index in [0.717, 1.165) is 11.1 Å². The molecular formula is C18H17F3N2O5S. The van der Waals surface area contributed by atoms with Crippen molar-refractivity contribution in [2.24, 2.45) is 5.73 Å². The fraction of sp³-hybridized carbons (Fsp3) is 0.222. The monoisotopic (exact) mass is 430 g/mol. The van der Waals surface area contributed by atoms with E-state index in [2.05, 4.69) is 0 Å². The maximum absolute atomic E-state index is 12.7. The van der Waals surface area contributed by atoms with E-state index in [1.54, 1.807) is 30.3 Å². The number of carbonyl (C=O) groups is 2. The van der Waals surface area contributed by atoms with Crippen LogP contribution in [0.2, 0.25) is 0 Å². The van der Waals surface area contributed by atoms with Gasteiger partial charge in [-0.2, -0.15) is 13.2 Å². The molecule has 7 nitrogen and oxygen atoms in total. The number of aliphatic carboxylic acids is 1. The molecule has 3 rings (SSSR count). The number of carboxylic acid groups (broad SMARTS) is 1. The predicted octanol–water partition coefficient (Wildman–Crippen LogP) is 2.31. The average Bonchev–Trinajstić information content (AvgIpc) is 3.06. The van der Waals surface area contributed by atoms with Crippen molar-refractivity contribution in [3.8, 4) is 0 Å². The molecule has 0 fully saturated rings. The lowest BCUT2D eigenvalue weighted by Gasteiger charge is -2.20. The molecule has 156 valence electrons. The van der Waals surface area contributed by atoms with Gasteiger partial charge < -0.3 is 10.8 Å². The van der Waals surface area contributed by atoms with Crippen LogP contribution in [0.3, 0.4) is 0 Å². The zero-order chi connectivity index (χ0) is 21.8. The van der Waals surface area contributed by atoms with E-state index < -0.39 is 28.1 Å². The zero-order valence-corrected chi connectivity index (χ0v) is 15.7. The summed E-state index contributed by atoms with van der Waals surface area (Å²) in [6.07, 6.45) is -4.44. The van der Waals surface area contributed by atoms with Gasteiger partial charge in [-0.3, -0.25) is 9.10 Å². The van der Waals surface area contributed by atoms with E-state index in [4.69, 9.17) is 15.6 Å². The van der Waals surface area contributed by atoms with Crippen molar-refractivity contribution in [1.82, 2.24) is 0 Å². The summed E-state index contributed by atoms with van der Waals surface area (Å²) in [5, 5.41) is 7.12. The number of hydrogen-bond donors (Lipinski definition) is 2. The molecule has 0 atom stereocenters. The summed E-state index contributed by atoms with van der Waals surface area (Å²) in [5.41, 5.74) is 7.82. The first-order valence-corrected chi connectivity index (χ1v) is 9.80. The van der Waals surface area contributed by atoms with Gasteiger partial charge in [-0.1, -0.05) is 36.4 Å². The summed E-state index contributed by atoms with van der Waals surface area (Å²) in [5.74, 6) is -3.38. The first-order valence-electron chi connectivity index (χ1n) is 8.19. The Morgan fingerprint density at radius 2 is 1.69 bits per heavy atom. The molecule has 0 aliphatic carbocycles. The first kappa shape index (κ1) is 22.2. The van der Waals surface area contributed by atoms with Gasteiger partial charge in [0, 0.05) is 12.1 Å². The van der Waals surface area contributed by atoms with Crippen LogP contribution in [-0.2, 0) is 27.0 Å². The second-order valence-corrected chi connectivity index (χ2v) is 7.97. The Labute approximate surface area is 164 Å². The first-order chi connectivity index (χ1) is 13.4. The van der Waals surface area contributed by atoms with E-state index in [-0.39, 0.29) is 5.75 Å². The number of benzene rings is 2. The molecule has 1 amide bonds.